The van der Waals surface area contributed by atoms with Crippen molar-refractivity contribution < 1.29 is 9.53 Å². The molecule has 0 atom stereocenters. The van der Waals surface area contributed by atoms with Gasteiger partial charge in [-0.05, 0) is 55.7 Å². The predicted molar refractivity (Wildman–Crippen MR) is 95.1 cm³/mol. The molecular formula is C19H24N2O2. The molecule has 0 bridgehead atoms. The largest absolute Gasteiger partial charge is 0.462 e. The first-order valence-electron chi connectivity index (χ1n) is 8.06. The van der Waals surface area contributed by atoms with Crippen molar-refractivity contribution in [2.24, 2.45) is 0 Å². The molecule has 0 aliphatic carbocycles. The topological polar surface area (TPSA) is 64.3 Å². The third-order valence-corrected chi connectivity index (χ3v) is 3.59. The first-order valence-corrected chi connectivity index (χ1v) is 8.06. The van der Waals surface area contributed by atoms with Crippen LogP contribution in [0.25, 0.3) is 0 Å². The Balaban J connectivity index is 2.17. The minimum atomic E-state index is -0.373. The Hall–Kier alpha value is -2.49. The highest BCUT2D eigenvalue weighted by atomic mass is 16.5. The average Bonchev–Trinajstić information content (AvgIpc) is 2.56. The van der Waals surface area contributed by atoms with Gasteiger partial charge in [-0.25, -0.2) is 4.79 Å². The van der Waals surface area contributed by atoms with Gasteiger partial charge < -0.3 is 15.8 Å². The van der Waals surface area contributed by atoms with E-state index in [1.807, 2.05) is 12.1 Å². The zero-order valence-corrected chi connectivity index (χ0v) is 13.8. The summed E-state index contributed by atoms with van der Waals surface area (Å²) in [5, 5.41) is 3.27. The van der Waals surface area contributed by atoms with Crippen LogP contribution in [0, 0.1) is 0 Å². The lowest BCUT2D eigenvalue weighted by atomic mass is 10.1. The summed E-state index contributed by atoms with van der Waals surface area (Å²) in [5.74, 6) is -0.373. The number of anilines is 3. The Morgan fingerprint density at radius 2 is 1.87 bits per heavy atom. The van der Waals surface area contributed by atoms with Gasteiger partial charge in [0.1, 0.15) is 0 Å². The number of benzene rings is 2. The van der Waals surface area contributed by atoms with Gasteiger partial charge in [0.2, 0.25) is 0 Å². The molecule has 4 nitrogen and oxygen atoms in total. The van der Waals surface area contributed by atoms with Gasteiger partial charge in [-0.3, -0.25) is 0 Å². The summed E-state index contributed by atoms with van der Waals surface area (Å²) < 4.78 is 5.09. The number of rotatable bonds is 7. The fourth-order valence-corrected chi connectivity index (χ4v) is 2.34. The number of hydrogen-bond donors (Lipinski definition) is 2. The molecule has 0 amide bonds. The number of carbonyl (C=O) groups is 1. The molecular weight excluding hydrogens is 288 g/mol. The fourth-order valence-electron chi connectivity index (χ4n) is 2.34. The number of nitrogen functional groups attached to an aromatic ring is 1. The number of unbranched alkanes of at least 4 members (excludes halogenated alkanes) is 1. The van der Waals surface area contributed by atoms with E-state index in [1.54, 1.807) is 25.1 Å². The number of aryl methyl sites for hydroxylation is 1. The normalized spacial score (nSPS) is 10.3. The third-order valence-electron chi connectivity index (χ3n) is 3.59. The lowest BCUT2D eigenvalue weighted by Gasteiger charge is -2.12. The summed E-state index contributed by atoms with van der Waals surface area (Å²) >= 11 is 0. The van der Waals surface area contributed by atoms with Gasteiger partial charge in [-0.15, -0.1) is 0 Å². The maximum atomic E-state index is 12.1. The van der Waals surface area contributed by atoms with Crippen LogP contribution >= 0.6 is 0 Å². The summed E-state index contributed by atoms with van der Waals surface area (Å²) in [6, 6.07) is 13.5. The molecule has 0 heterocycles. The monoisotopic (exact) mass is 312 g/mol. The molecule has 0 saturated carbocycles. The minimum absolute atomic E-state index is 0.333. The highest BCUT2D eigenvalue weighted by Crippen LogP contribution is 2.24. The molecule has 2 aromatic carbocycles. The van der Waals surface area contributed by atoms with Crippen LogP contribution in [0.4, 0.5) is 17.1 Å². The standard InChI is InChI=1S/C19H24N2O2/c1-3-5-6-14-7-10-16(11-8-14)21-18-12-9-15(20)13-17(18)19(22)23-4-2/h7-13,21H,3-6,20H2,1-2H3. The molecule has 2 aromatic rings. The van der Waals surface area contributed by atoms with Crippen LogP contribution < -0.4 is 11.1 Å². The Kier molecular flexibility index (Phi) is 6.03. The second kappa shape index (κ2) is 8.22. The van der Waals surface area contributed by atoms with E-state index in [1.165, 1.54) is 18.4 Å². The quantitative estimate of drug-likeness (QED) is 0.582. The smallest absolute Gasteiger partial charge is 0.340 e. The van der Waals surface area contributed by atoms with E-state index < -0.39 is 0 Å². The Morgan fingerprint density at radius 1 is 1.13 bits per heavy atom. The first-order chi connectivity index (χ1) is 11.1. The molecule has 2 rings (SSSR count). The first kappa shape index (κ1) is 16.9. The summed E-state index contributed by atoms with van der Waals surface area (Å²) in [6.07, 6.45) is 3.47. The third kappa shape index (κ3) is 4.74. The molecule has 0 spiro atoms. The van der Waals surface area contributed by atoms with Crippen molar-refractivity contribution >= 4 is 23.0 Å². The molecule has 4 heteroatoms. The average molecular weight is 312 g/mol. The highest BCUT2D eigenvalue weighted by molar-refractivity contribution is 5.97. The van der Waals surface area contributed by atoms with Gasteiger partial charge in [-0.1, -0.05) is 25.5 Å². The Morgan fingerprint density at radius 3 is 2.52 bits per heavy atom. The molecule has 122 valence electrons. The van der Waals surface area contributed by atoms with E-state index in [9.17, 15) is 4.79 Å². The molecule has 23 heavy (non-hydrogen) atoms. The summed E-state index contributed by atoms with van der Waals surface area (Å²) in [5.41, 5.74) is 9.71. The second-order valence-electron chi connectivity index (χ2n) is 5.45. The zero-order chi connectivity index (χ0) is 16.7. The molecule has 0 fully saturated rings. The van der Waals surface area contributed by atoms with Crippen molar-refractivity contribution in [1.82, 2.24) is 0 Å². The summed E-state index contributed by atoms with van der Waals surface area (Å²) in [6.45, 7) is 4.31. The van der Waals surface area contributed by atoms with Crippen LogP contribution in [0.15, 0.2) is 42.5 Å². The van der Waals surface area contributed by atoms with Crippen molar-refractivity contribution in [2.45, 2.75) is 33.1 Å². The molecule has 0 radical (unpaired) electrons. The number of carbonyl (C=O) groups excluding carboxylic acids is 1. The number of nitrogens with one attached hydrogen (secondary N) is 1. The van der Waals surface area contributed by atoms with Crippen LogP contribution in [0.2, 0.25) is 0 Å². The fraction of sp³-hybridized carbons (Fsp3) is 0.316. The van der Waals surface area contributed by atoms with Gasteiger partial charge in [-0.2, -0.15) is 0 Å². The summed E-state index contributed by atoms with van der Waals surface area (Å²) in [7, 11) is 0. The van der Waals surface area contributed by atoms with Crippen LogP contribution in [0.5, 0.6) is 0 Å². The van der Waals surface area contributed by atoms with Crippen molar-refractivity contribution in [3.05, 3.63) is 53.6 Å². The molecule has 0 saturated heterocycles. The van der Waals surface area contributed by atoms with Crippen molar-refractivity contribution in [3.8, 4) is 0 Å². The number of hydrogen-bond acceptors (Lipinski definition) is 4. The van der Waals surface area contributed by atoms with E-state index in [-0.39, 0.29) is 5.97 Å². The highest BCUT2D eigenvalue weighted by Gasteiger charge is 2.13. The molecule has 0 unspecified atom stereocenters. The predicted octanol–water partition coefficient (Wildman–Crippen LogP) is 4.53. The van der Waals surface area contributed by atoms with E-state index in [4.69, 9.17) is 10.5 Å². The SMILES string of the molecule is CCCCc1ccc(Nc2ccc(N)cc2C(=O)OCC)cc1. The van der Waals surface area contributed by atoms with Gasteiger partial charge in [0.05, 0.1) is 17.9 Å². The van der Waals surface area contributed by atoms with Crippen LogP contribution in [-0.4, -0.2) is 12.6 Å². The molecule has 0 aliphatic heterocycles. The zero-order valence-electron chi connectivity index (χ0n) is 13.8. The van der Waals surface area contributed by atoms with E-state index in [0.29, 0.717) is 23.5 Å². The van der Waals surface area contributed by atoms with Crippen LogP contribution in [0.3, 0.4) is 0 Å². The van der Waals surface area contributed by atoms with Crippen molar-refractivity contribution in [1.29, 1.82) is 0 Å². The summed E-state index contributed by atoms with van der Waals surface area (Å²) in [4.78, 5) is 12.1. The lowest BCUT2D eigenvalue weighted by Crippen LogP contribution is -2.08. The van der Waals surface area contributed by atoms with Gasteiger partial charge in [0, 0.05) is 11.4 Å². The van der Waals surface area contributed by atoms with Gasteiger partial charge in [0.25, 0.3) is 0 Å². The van der Waals surface area contributed by atoms with Gasteiger partial charge in [0.15, 0.2) is 0 Å². The lowest BCUT2D eigenvalue weighted by molar-refractivity contribution is 0.0527. The Labute approximate surface area is 137 Å². The van der Waals surface area contributed by atoms with Crippen molar-refractivity contribution in [2.75, 3.05) is 17.7 Å². The maximum absolute atomic E-state index is 12.1. The van der Waals surface area contributed by atoms with E-state index in [0.717, 1.165) is 12.1 Å². The molecule has 0 aliphatic rings. The van der Waals surface area contributed by atoms with E-state index in [2.05, 4.69) is 24.4 Å². The van der Waals surface area contributed by atoms with Gasteiger partial charge >= 0.3 is 5.97 Å². The number of nitrogens with two attached hydrogens (primary N) is 1. The maximum Gasteiger partial charge on any atom is 0.340 e. The Bertz CT molecular complexity index is 651. The van der Waals surface area contributed by atoms with Crippen LogP contribution in [-0.2, 0) is 11.2 Å². The molecule has 3 N–H and O–H groups in total. The van der Waals surface area contributed by atoms with E-state index >= 15 is 0 Å². The second-order valence-corrected chi connectivity index (χ2v) is 5.45. The number of esters is 1. The van der Waals surface area contributed by atoms with Crippen molar-refractivity contribution in [3.63, 3.8) is 0 Å². The minimum Gasteiger partial charge on any atom is -0.462 e. The van der Waals surface area contributed by atoms with Crippen LogP contribution in [0.1, 0.15) is 42.6 Å². The molecule has 0 aromatic heterocycles. The number of ether oxygens (including phenoxy) is 1.